The summed E-state index contributed by atoms with van der Waals surface area (Å²) in [6.07, 6.45) is 1.26. The van der Waals surface area contributed by atoms with E-state index in [-0.39, 0.29) is 0 Å². The van der Waals surface area contributed by atoms with Crippen molar-refractivity contribution in [3.63, 3.8) is 0 Å². The molecule has 3 unspecified atom stereocenters. The van der Waals surface area contributed by atoms with E-state index in [9.17, 15) is 0 Å². The van der Waals surface area contributed by atoms with E-state index in [1.165, 1.54) is 17.5 Å². The molecule has 1 aromatic rings. The molecule has 0 nitrogen and oxygen atoms in total. The third-order valence-electron chi connectivity index (χ3n) is 6.62. The molecule has 1 aliphatic carbocycles. The van der Waals surface area contributed by atoms with Crippen molar-refractivity contribution in [3.8, 4) is 0 Å². The zero-order chi connectivity index (χ0) is 17.5. The van der Waals surface area contributed by atoms with Crippen LogP contribution in [0, 0.1) is 19.8 Å². The average molecular weight is 327 g/mol. The molecule has 1 aliphatic rings. The van der Waals surface area contributed by atoms with Crippen molar-refractivity contribution >= 4 is 13.3 Å². The van der Waals surface area contributed by atoms with Gasteiger partial charge in [-0.25, -0.2) is 0 Å². The quantitative estimate of drug-likeness (QED) is 0.575. The highest BCUT2D eigenvalue weighted by atomic mass is 28.3. The molecule has 0 bridgehead atoms. The smallest absolute Gasteiger partial charge is 0.0657 e. The van der Waals surface area contributed by atoms with Crippen LogP contribution in [0.5, 0.6) is 0 Å². The highest BCUT2D eigenvalue weighted by Gasteiger charge is 2.44. The predicted molar refractivity (Wildman–Crippen MR) is 107 cm³/mol. The third kappa shape index (κ3) is 2.89. The fourth-order valence-corrected chi connectivity index (χ4v) is 9.96. The maximum absolute atomic E-state index is 2.62. The molecule has 0 saturated heterocycles. The highest BCUT2D eigenvalue weighted by molar-refractivity contribution is 6.98. The molecule has 0 spiro atoms. The number of allylic oxidation sites excluding steroid dienone is 4. The van der Waals surface area contributed by atoms with E-state index in [1.54, 1.807) is 27.1 Å². The summed E-state index contributed by atoms with van der Waals surface area (Å²) < 4.78 is 0. The van der Waals surface area contributed by atoms with Crippen LogP contribution >= 0.6 is 0 Å². The molecule has 0 N–H and O–H groups in total. The van der Waals surface area contributed by atoms with E-state index >= 15 is 0 Å². The molecule has 0 heterocycles. The lowest BCUT2D eigenvalue weighted by Crippen LogP contribution is -2.52. The lowest BCUT2D eigenvalue weighted by atomic mass is 10.1. The van der Waals surface area contributed by atoms with Crippen LogP contribution in [0.1, 0.15) is 59.1 Å². The molecule has 23 heavy (non-hydrogen) atoms. The van der Waals surface area contributed by atoms with Crippen molar-refractivity contribution in [2.75, 3.05) is 0 Å². The number of rotatable bonds is 4. The summed E-state index contributed by atoms with van der Waals surface area (Å²) in [5.74, 6) is 0.612. The normalized spacial score (nSPS) is 22.6. The van der Waals surface area contributed by atoms with Gasteiger partial charge >= 0.3 is 0 Å². The Morgan fingerprint density at radius 2 is 1.48 bits per heavy atom. The lowest BCUT2D eigenvalue weighted by Gasteiger charge is -2.39. The Labute approximate surface area is 144 Å². The van der Waals surface area contributed by atoms with Crippen LogP contribution in [0.3, 0.4) is 0 Å². The van der Waals surface area contributed by atoms with Gasteiger partial charge in [0.2, 0.25) is 0 Å². The molecule has 2 rings (SSSR count). The summed E-state index contributed by atoms with van der Waals surface area (Å²) in [6.45, 7) is 21.4. The van der Waals surface area contributed by atoms with Gasteiger partial charge in [-0.05, 0) is 51.7 Å². The first kappa shape index (κ1) is 18.3. The molecule has 126 valence electrons. The Morgan fingerprint density at radius 3 is 1.87 bits per heavy atom. The topological polar surface area (TPSA) is 0 Å². The van der Waals surface area contributed by atoms with Gasteiger partial charge in [-0.2, -0.15) is 0 Å². The van der Waals surface area contributed by atoms with Crippen LogP contribution in [-0.2, 0) is 0 Å². The number of aryl methyl sites for hydroxylation is 2. The highest BCUT2D eigenvalue weighted by Crippen LogP contribution is 2.45. The van der Waals surface area contributed by atoms with Gasteiger partial charge < -0.3 is 0 Å². The summed E-state index contributed by atoms with van der Waals surface area (Å²) in [4.78, 5) is 0. The second kappa shape index (κ2) is 6.43. The van der Waals surface area contributed by atoms with Crippen LogP contribution in [-0.4, -0.2) is 8.07 Å². The molecular formula is C22H34Si. The maximum atomic E-state index is 2.62. The van der Waals surface area contributed by atoms with E-state index < -0.39 is 8.07 Å². The van der Waals surface area contributed by atoms with Crippen molar-refractivity contribution in [2.24, 2.45) is 5.92 Å². The van der Waals surface area contributed by atoms with Crippen LogP contribution in [0.2, 0.25) is 12.1 Å². The molecule has 0 saturated carbocycles. The van der Waals surface area contributed by atoms with Gasteiger partial charge in [0, 0.05) is 0 Å². The summed E-state index contributed by atoms with van der Waals surface area (Å²) in [7, 11) is -1.73. The van der Waals surface area contributed by atoms with Crippen molar-refractivity contribution < 1.29 is 0 Å². The minimum Gasteiger partial charge on any atom is -0.0657 e. The fraction of sp³-hybridized carbons (Fsp3) is 0.545. The van der Waals surface area contributed by atoms with E-state index in [4.69, 9.17) is 0 Å². The molecule has 0 aliphatic heterocycles. The second-order valence-electron chi connectivity index (χ2n) is 7.96. The lowest BCUT2D eigenvalue weighted by molar-refractivity contribution is 0.806. The van der Waals surface area contributed by atoms with Gasteiger partial charge in [-0.3, -0.25) is 0 Å². The zero-order valence-corrected chi connectivity index (χ0v) is 17.6. The minimum absolute atomic E-state index is 0.612. The molecule has 0 fully saturated rings. The molecule has 1 aromatic carbocycles. The molecule has 0 aromatic heterocycles. The van der Waals surface area contributed by atoms with Gasteiger partial charge in [0.15, 0.2) is 0 Å². The van der Waals surface area contributed by atoms with Crippen molar-refractivity contribution in [1.29, 1.82) is 0 Å². The van der Waals surface area contributed by atoms with Gasteiger partial charge in [0.25, 0.3) is 0 Å². The largest absolute Gasteiger partial charge is 0.114 e. The third-order valence-corrected chi connectivity index (χ3v) is 12.4. The molecule has 1 heteroatoms. The Hall–Kier alpha value is -1.08. The molecular weight excluding hydrogens is 292 g/mol. The second-order valence-corrected chi connectivity index (χ2v) is 12.5. The average Bonchev–Trinajstić information content (AvgIpc) is 2.68. The fourth-order valence-electron chi connectivity index (χ4n) is 4.59. The van der Waals surface area contributed by atoms with Crippen molar-refractivity contribution in [2.45, 2.75) is 73.9 Å². The maximum Gasteiger partial charge on any atom is 0.114 e. The van der Waals surface area contributed by atoms with Gasteiger partial charge in [0.05, 0.1) is 0 Å². The first-order valence-corrected chi connectivity index (χ1v) is 11.7. The van der Waals surface area contributed by atoms with E-state index in [0.717, 1.165) is 5.54 Å². The first-order valence-electron chi connectivity index (χ1n) is 9.12. The minimum atomic E-state index is -1.73. The predicted octanol–water partition coefficient (Wildman–Crippen LogP) is 6.23. The molecule has 3 atom stereocenters. The number of benzene rings is 1. The Morgan fingerprint density at radius 1 is 0.957 bits per heavy atom. The monoisotopic (exact) mass is 326 g/mol. The van der Waals surface area contributed by atoms with Crippen LogP contribution in [0.25, 0.3) is 0 Å². The van der Waals surface area contributed by atoms with E-state index in [1.807, 2.05) is 0 Å². The van der Waals surface area contributed by atoms with E-state index in [2.05, 4.69) is 80.1 Å². The van der Waals surface area contributed by atoms with Crippen LogP contribution in [0.4, 0.5) is 0 Å². The summed E-state index contributed by atoms with van der Waals surface area (Å²) >= 11 is 0. The van der Waals surface area contributed by atoms with Crippen molar-refractivity contribution in [1.82, 2.24) is 0 Å². The standard InChI is InChI=1S/C22H34Si/c1-10-16(4)23(9,21-12-14(2)11-15(3)13-21)22-19(7)17(5)18(6)20(22)8/h11-13,16,19H,10H2,1-9H3. The summed E-state index contributed by atoms with van der Waals surface area (Å²) in [6, 6.07) is 7.26. The van der Waals surface area contributed by atoms with E-state index in [0.29, 0.717) is 5.92 Å². The van der Waals surface area contributed by atoms with Gasteiger partial charge in [-0.15, -0.1) is 0 Å². The van der Waals surface area contributed by atoms with Crippen molar-refractivity contribution in [3.05, 3.63) is 51.2 Å². The molecule has 0 radical (unpaired) electrons. The zero-order valence-electron chi connectivity index (χ0n) is 16.6. The number of hydrogen-bond donors (Lipinski definition) is 0. The first-order chi connectivity index (χ1) is 10.6. The van der Waals surface area contributed by atoms with Crippen LogP contribution < -0.4 is 5.19 Å². The summed E-state index contributed by atoms with van der Waals surface area (Å²) in [5, 5.41) is 3.42. The van der Waals surface area contributed by atoms with Gasteiger partial charge in [0.1, 0.15) is 8.07 Å². The molecule has 0 amide bonds. The van der Waals surface area contributed by atoms with Crippen LogP contribution in [0.15, 0.2) is 40.1 Å². The Balaban J connectivity index is 2.72. The Kier molecular flexibility index (Phi) is 5.11. The summed E-state index contributed by atoms with van der Waals surface area (Å²) in [5.41, 5.74) is 8.29. The SMILES string of the molecule is CCC(C)[Si](C)(C1=C(C)C(C)=C(C)C1C)c1cc(C)cc(C)c1. The van der Waals surface area contributed by atoms with Gasteiger partial charge in [-0.1, -0.05) is 84.6 Å². The number of hydrogen-bond acceptors (Lipinski definition) is 0. The Bertz CT molecular complexity index is 657.